The number of Topliss-reactive ketones (excluding diaryl/α,β-unsaturated/α-hetero) is 1. The standard InChI is InChI=1S/C20H17N3O3S/c24-17-10-15-18(7-4-8-21-15)26-12-16(17)23-19(25)20-22-11-14(27-20)9-13-5-2-1-3-6-13/h1-8,11,16H,9-10,12H2,(H,23,25)/t16-/m0/s1. The minimum Gasteiger partial charge on any atom is -0.489 e. The van der Waals surface area contributed by atoms with Crippen LogP contribution in [0.5, 0.6) is 5.75 Å². The number of hydrogen-bond acceptors (Lipinski definition) is 6. The van der Waals surface area contributed by atoms with E-state index in [0.29, 0.717) is 16.5 Å². The maximum absolute atomic E-state index is 12.5. The maximum atomic E-state index is 12.5. The van der Waals surface area contributed by atoms with Crippen LogP contribution in [0.15, 0.2) is 54.9 Å². The summed E-state index contributed by atoms with van der Waals surface area (Å²) in [5.41, 5.74) is 1.75. The van der Waals surface area contributed by atoms with Crippen LogP contribution in [0.2, 0.25) is 0 Å². The van der Waals surface area contributed by atoms with Gasteiger partial charge in [0.25, 0.3) is 5.91 Å². The number of carbonyl (C=O) groups excluding carboxylic acids is 2. The highest BCUT2D eigenvalue weighted by Gasteiger charge is 2.28. The maximum Gasteiger partial charge on any atom is 0.280 e. The zero-order valence-electron chi connectivity index (χ0n) is 14.4. The Hall–Kier alpha value is -3.06. The number of benzene rings is 1. The van der Waals surface area contributed by atoms with Gasteiger partial charge in [-0.15, -0.1) is 11.3 Å². The molecule has 1 atom stereocenters. The molecular formula is C20H17N3O3S. The summed E-state index contributed by atoms with van der Waals surface area (Å²) in [6, 6.07) is 12.8. The summed E-state index contributed by atoms with van der Waals surface area (Å²) in [5, 5.41) is 3.08. The number of amides is 1. The topological polar surface area (TPSA) is 81.2 Å². The van der Waals surface area contributed by atoms with Crippen molar-refractivity contribution in [3.05, 3.63) is 76.0 Å². The number of fused-ring (bicyclic) bond motifs is 1. The van der Waals surface area contributed by atoms with Crippen LogP contribution in [0.3, 0.4) is 0 Å². The minimum absolute atomic E-state index is 0.0888. The van der Waals surface area contributed by atoms with E-state index in [0.717, 1.165) is 16.9 Å². The smallest absolute Gasteiger partial charge is 0.280 e. The van der Waals surface area contributed by atoms with Crippen LogP contribution < -0.4 is 10.1 Å². The Labute approximate surface area is 160 Å². The number of ether oxygens (including phenoxy) is 1. The molecule has 1 aromatic carbocycles. The number of hydrogen-bond donors (Lipinski definition) is 1. The number of ketones is 1. The molecule has 7 heteroatoms. The number of nitrogens with zero attached hydrogens (tertiary/aromatic N) is 2. The van der Waals surface area contributed by atoms with Crippen LogP contribution in [0.1, 0.15) is 25.9 Å². The van der Waals surface area contributed by atoms with E-state index in [1.165, 1.54) is 11.3 Å². The summed E-state index contributed by atoms with van der Waals surface area (Å²) >= 11 is 1.33. The molecule has 2 aromatic heterocycles. The van der Waals surface area contributed by atoms with Crippen LogP contribution in [-0.2, 0) is 17.6 Å². The molecular weight excluding hydrogens is 362 g/mol. The normalized spacial score (nSPS) is 16.1. The van der Waals surface area contributed by atoms with E-state index in [1.807, 2.05) is 30.3 Å². The monoisotopic (exact) mass is 379 g/mol. The molecule has 136 valence electrons. The van der Waals surface area contributed by atoms with Crippen molar-refractivity contribution in [3.8, 4) is 5.75 Å². The van der Waals surface area contributed by atoms with Crippen molar-refractivity contribution < 1.29 is 14.3 Å². The zero-order chi connectivity index (χ0) is 18.6. The fourth-order valence-electron chi connectivity index (χ4n) is 2.88. The molecule has 0 radical (unpaired) electrons. The Morgan fingerprint density at radius 2 is 2.04 bits per heavy atom. The van der Waals surface area contributed by atoms with E-state index >= 15 is 0 Å². The average Bonchev–Trinajstić information content (AvgIpc) is 3.09. The Morgan fingerprint density at radius 3 is 2.89 bits per heavy atom. The lowest BCUT2D eigenvalue weighted by Crippen LogP contribution is -2.44. The van der Waals surface area contributed by atoms with E-state index in [-0.39, 0.29) is 24.7 Å². The van der Waals surface area contributed by atoms with Crippen molar-refractivity contribution in [1.29, 1.82) is 0 Å². The van der Waals surface area contributed by atoms with Crippen molar-refractivity contribution in [2.45, 2.75) is 18.9 Å². The third-order valence-corrected chi connectivity index (χ3v) is 5.25. The molecule has 1 amide bonds. The van der Waals surface area contributed by atoms with Gasteiger partial charge in [0, 0.05) is 23.7 Å². The van der Waals surface area contributed by atoms with Crippen molar-refractivity contribution in [3.63, 3.8) is 0 Å². The molecule has 27 heavy (non-hydrogen) atoms. The van der Waals surface area contributed by atoms with E-state index in [2.05, 4.69) is 15.3 Å². The molecule has 0 bridgehead atoms. The highest BCUT2D eigenvalue weighted by Crippen LogP contribution is 2.21. The predicted octanol–water partition coefficient (Wildman–Crippen LogP) is 2.43. The number of aromatic nitrogens is 2. The predicted molar refractivity (Wildman–Crippen MR) is 101 cm³/mol. The van der Waals surface area contributed by atoms with Crippen molar-refractivity contribution in [2.24, 2.45) is 0 Å². The number of thiazole rings is 1. The second kappa shape index (κ2) is 7.67. The first-order chi connectivity index (χ1) is 13.2. The van der Waals surface area contributed by atoms with Gasteiger partial charge >= 0.3 is 0 Å². The van der Waals surface area contributed by atoms with Crippen LogP contribution in [0.4, 0.5) is 0 Å². The Bertz CT molecular complexity index is 971. The van der Waals surface area contributed by atoms with Gasteiger partial charge in [-0.2, -0.15) is 0 Å². The summed E-state index contributed by atoms with van der Waals surface area (Å²) in [6.07, 6.45) is 4.19. The lowest BCUT2D eigenvalue weighted by molar-refractivity contribution is -0.120. The lowest BCUT2D eigenvalue weighted by Gasteiger charge is -2.13. The SMILES string of the molecule is O=C(N[C@H]1COc2cccnc2CC1=O)c1ncc(Cc2ccccc2)s1. The van der Waals surface area contributed by atoms with Crippen molar-refractivity contribution in [1.82, 2.24) is 15.3 Å². The van der Waals surface area contributed by atoms with E-state index in [4.69, 9.17) is 4.74 Å². The van der Waals surface area contributed by atoms with Gasteiger partial charge in [0.1, 0.15) is 18.4 Å². The third-order valence-electron chi connectivity index (χ3n) is 4.26. The Balaban J connectivity index is 1.41. The second-order valence-corrected chi connectivity index (χ2v) is 7.34. The molecule has 6 nitrogen and oxygen atoms in total. The molecule has 1 aliphatic rings. The van der Waals surface area contributed by atoms with Gasteiger partial charge in [-0.1, -0.05) is 30.3 Å². The first-order valence-electron chi connectivity index (χ1n) is 8.58. The molecule has 0 saturated heterocycles. The fourth-order valence-corrected chi connectivity index (χ4v) is 3.72. The first-order valence-corrected chi connectivity index (χ1v) is 9.39. The van der Waals surface area contributed by atoms with Gasteiger partial charge in [0.2, 0.25) is 0 Å². The van der Waals surface area contributed by atoms with Gasteiger partial charge in [0.05, 0.1) is 12.1 Å². The van der Waals surface area contributed by atoms with Gasteiger partial charge in [-0.3, -0.25) is 14.6 Å². The van der Waals surface area contributed by atoms with Crippen molar-refractivity contribution in [2.75, 3.05) is 6.61 Å². The summed E-state index contributed by atoms with van der Waals surface area (Å²) < 4.78 is 5.64. The van der Waals surface area contributed by atoms with Gasteiger partial charge in [-0.05, 0) is 17.7 Å². The van der Waals surface area contributed by atoms with Crippen molar-refractivity contribution >= 4 is 23.0 Å². The summed E-state index contributed by atoms with van der Waals surface area (Å²) in [5.74, 6) is 0.101. The van der Waals surface area contributed by atoms with E-state index < -0.39 is 6.04 Å². The number of pyridine rings is 1. The summed E-state index contributed by atoms with van der Waals surface area (Å²) in [4.78, 5) is 34.3. The number of carbonyl (C=O) groups is 2. The molecule has 0 saturated carbocycles. The van der Waals surface area contributed by atoms with Gasteiger partial charge in [0.15, 0.2) is 10.8 Å². The highest BCUT2D eigenvalue weighted by atomic mass is 32.1. The quantitative estimate of drug-likeness (QED) is 0.753. The molecule has 1 aliphatic heterocycles. The zero-order valence-corrected chi connectivity index (χ0v) is 15.2. The number of nitrogens with one attached hydrogen (secondary N) is 1. The summed E-state index contributed by atoms with van der Waals surface area (Å²) in [6.45, 7) is 0.0888. The highest BCUT2D eigenvalue weighted by molar-refractivity contribution is 7.13. The van der Waals surface area contributed by atoms with Gasteiger partial charge < -0.3 is 10.1 Å². The Kier molecular flexibility index (Phi) is 4.93. The van der Waals surface area contributed by atoms with E-state index in [9.17, 15) is 9.59 Å². The molecule has 3 aromatic rings. The summed E-state index contributed by atoms with van der Waals surface area (Å²) in [7, 11) is 0. The second-order valence-electron chi connectivity index (χ2n) is 6.22. The molecule has 0 fully saturated rings. The lowest BCUT2D eigenvalue weighted by atomic mass is 10.1. The Morgan fingerprint density at radius 1 is 1.19 bits per heavy atom. The van der Waals surface area contributed by atoms with Crippen LogP contribution in [-0.4, -0.2) is 34.3 Å². The van der Waals surface area contributed by atoms with Crippen LogP contribution in [0, 0.1) is 0 Å². The molecule has 0 aliphatic carbocycles. The molecule has 1 N–H and O–H groups in total. The molecule has 4 rings (SSSR count). The molecule has 0 spiro atoms. The van der Waals surface area contributed by atoms with Crippen LogP contribution in [0.25, 0.3) is 0 Å². The van der Waals surface area contributed by atoms with Crippen LogP contribution >= 0.6 is 11.3 Å². The minimum atomic E-state index is -0.715. The average molecular weight is 379 g/mol. The first kappa shape index (κ1) is 17.4. The van der Waals surface area contributed by atoms with Gasteiger partial charge in [-0.25, -0.2) is 4.98 Å². The largest absolute Gasteiger partial charge is 0.489 e. The van der Waals surface area contributed by atoms with E-state index in [1.54, 1.807) is 24.5 Å². The number of rotatable bonds is 4. The third kappa shape index (κ3) is 4.03. The fraction of sp³-hybridized carbons (Fsp3) is 0.200. The molecule has 3 heterocycles. The molecule has 0 unspecified atom stereocenters.